The Kier molecular flexibility index (Phi) is 5.68. The fourth-order valence-corrected chi connectivity index (χ4v) is 5.69. The van der Waals surface area contributed by atoms with Crippen LogP contribution in [-0.2, 0) is 5.54 Å². The maximum absolute atomic E-state index is 13.6. The van der Waals surface area contributed by atoms with Crippen LogP contribution in [0.3, 0.4) is 0 Å². The predicted octanol–water partition coefficient (Wildman–Crippen LogP) is 5.82. The number of hydrogen-bond acceptors (Lipinski definition) is 4. The second kappa shape index (κ2) is 8.70. The van der Waals surface area contributed by atoms with Gasteiger partial charge in [-0.25, -0.2) is 4.90 Å². The van der Waals surface area contributed by atoms with Crippen LogP contribution in [0.15, 0.2) is 60.7 Å². The lowest BCUT2D eigenvalue weighted by Crippen LogP contribution is -2.44. The van der Waals surface area contributed by atoms with Gasteiger partial charge in [-0.05, 0) is 45.9 Å². The van der Waals surface area contributed by atoms with Gasteiger partial charge in [0, 0.05) is 78.0 Å². The summed E-state index contributed by atoms with van der Waals surface area (Å²) in [6, 6.07) is 23.0. The van der Waals surface area contributed by atoms with Crippen LogP contribution in [-0.4, -0.2) is 37.0 Å². The van der Waals surface area contributed by atoms with Gasteiger partial charge in [0.2, 0.25) is 0 Å². The van der Waals surface area contributed by atoms with E-state index in [1.54, 1.807) is 4.90 Å². The van der Waals surface area contributed by atoms with Gasteiger partial charge in [0.1, 0.15) is 17.0 Å². The Hall–Kier alpha value is -3.91. The van der Waals surface area contributed by atoms with Crippen LogP contribution in [0.4, 0.5) is 11.4 Å². The number of hydrogen-bond donors (Lipinski definition) is 0. The Morgan fingerprint density at radius 3 is 1.80 bits per heavy atom. The van der Waals surface area contributed by atoms with E-state index in [9.17, 15) is 4.79 Å². The van der Waals surface area contributed by atoms with Gasteiger partial charge in [0.25, 0.3) is 5.91 Å². The van der Waals surface area contributed by atoms with Gasteiger partial charge in [0.15, 0.2) is 0 Å². The van der Waals surface area contributed by atoms with Crippen molar-refractivity contribution in [1.29, 1.82) is 0 Å². The normalized spacial score (nSPS) is 14.6. The summed E-state index contributed by atoms with van der Waals surface area (Å²) in [7, 11) is 0. The van der Waals surface area contributed by atoms with Crippen molar-refractivity contribution < 1.29 is 9.53 Å². The number of nitrogens with zero attached hydrogens (tertiary/aromatic N) is 3. The lowest BCUT2D eigenvalue weighted by molar-refractivity contribution is 0.0787. The molecule has 0 N–H and O–H groups in total. The van der Waals surface area contributed by atoms with Crippen molar-refractivity contribution in [2.24, 2.45) is 0 Å². The number of terminal acetylenes is 1. The summed E-state index contributed by atoms with van der Waals surface area (Å²) in [5.74, 6) is 1.29. The first kappa shape index (κ1) is 22.9. The number of ether oxygens (including phenoxy) is 1. The number of anilines is 2. The molecule has 3 aromatic rings. The molecule has 0 aromatic heterocycles. The van der Waals surface area contributed by atoms with Crippen LogP contribution in [0.1, 0.15) is 54.7 Å². The second-order valence-corrected chi connectivity index (χ2v) is 8.83. The molecule has 178 valence electrons. The predicted molar refractivity (Wildman–Crippen MR) is 141 cm³/mol. The first-order valence-corrected chi connectivity index (χ1v) is 12.4. The molecule has 5 nitrogen and oxygen atoms in total. The monoisotopic (exact) mass is 465 g/mol. The molecule has 0 unspecified atom stereocenters. The highest BCUT2D eigenvalue weighted by Gasteiger charge is 2.56. The summed E-state index contributed by atoms with van der Waals surface area (Å²) in [5, 5.41) is 0. The molecule has 0 saturated heterocycles. The van der Waals surface area contributed by atoms with Crippen LogP contribution >= 0.6 is 0 Å². The van der Waals surface area contributed by atoms with E-state index in [1.807, 2.05) is 24.3 Å². The topological polar surface area (TPSA) is 36.0 Å². The third-order valence-corrected chi connectivity index (χ3v) is 7.40. The molecule has 0 bridgehead atoms. The molecule has 0 radical (unpaired) electrons. The lowest BCUT2D eigenvalue weighted by atomic mass is 9.75. The van der Waals surface area contributed by atoms with E-state index in [0.29, 0.717) is 5.56 Å². The summed E-state index contributed by atoms with van der Waals surface area (Å²) < 4.78 is 6.61. The minimum absolute atomic E-state index is 0.164. The van der Waals surface area contributed by atoms with Gasteiger partial charge in [-0.2, -0.15) is 0 Å². The van der Waals surface area contributed by atoms with Crippen molar-refractivity contribution in [3.8, 4) is 24.0 Å². The number of carbonyl (C=O) groups is 1. The SMILES string of the molecule is C#CN1C(=O)c2ccccc2C12c1ccc(N(CC)CC)cc1Oc1cc(N(CC)CC)ccc12. The molecule has 0 atom stereocenters. The zero-order valence-corrected chi connectivity index (χ0v) is 20.8. The van der Waals surface area contributed by atoms with Crippen LogP contribution < -0.4 is 14.5 Å². The quantitative estimate of drug-likeness (QED) is 0.430. The van der Waals surface area contributed by atoms with Crippen molar-refractivity contribution in [3.63, 3.8) is 0 Å². The van der Waals surface area contributed by atoms with Crippen molar-refractivity contribution in [2.45, 2.75) is 33.2 Å². The Morgan fingerprint density at radius 1 is 0.800 bits per heavy atom. The van der Waals surface area contributed by atoms with Crippen LogP contribution in [0.2, 0.25) is 0 Å². The maximum Gasteiger partial charge on any atom is 0.267 e. The van der Waals surface area contributed by atoms with E-state index >= 15 is 0 Å². The van der Waals surface area contributed by atoms with E-state index in [2.05, 4.69) is 79.9 Å². The second-order valence-electron chi connectivity index (χ2n) is 8.83. The average Bonchev–Trinajstić information content (AvgIpc) is 3.14. The first-order valence-electron chi connectivity index (χ1n) is 12.4. The Bertz CT molecular complexity index is 1270. The fourth-order valence-electron chi connectivity index (χ4n) is 5.69. The number of rotatable bonds is 6. The van der Waals surface area contributed by atoms with Crippen LogP contribution in [0.5, 0.6) is 11.5 Å². The van der Waals surface area contributed by atoms with Crippen molar-refractivity contribution in [3.05, 3.63) is 82.9 Å². The molecule has 35 heavy (non-hydrogen) atoms. The summed E-state index contributed by atoms with van der Waals surface area (Å²) >= 11 is 0. The molecule has 5 heteroatoms. The first-order chi connectivity index (χ1) is 17.0. The highest BCUT2D eigenvalue weighted by atomic mass is 16.5. The van der Waals surface area contributed by atoms with E-state index in [0.717, 1.165) is 65.7 Å². The van der Waals surface area contributed by atoms with Crippen LogP contribution in [0, 0.1) is 12.5 Å². The van der Waals surface area contributed by atoms with Gasteiger partial charge in [-0.1, -0.05) is 36.8 Å². The standard InChI is InChI=1S/C30H31N3O2/c1-6-31(7-2)21-15-17-25-27(19-21)35-28-20-22(32(8-3)9-4)16-18-26(28)30(25)24-14-12-11-13-23(24)29(34)33(30)10-5/h5,11-20H,6-9H2,1-4H3. The molecule has 1 amide bonds. The van der Waals surface area contributed by atoms with Gasteiger partial charge in [-0.15, -0.1) is 0 Å². The fraction of sp³-hybridized carbons (Fsp3) is 0.300. The molecular formula is C30H31N3O2. The number of fused-ring (bicyclic) bond motifs is 6. The molecule has 2 aliphatic heterocycles. The maximum atomic E-state index is 13.6. The van der Waals surface area contributed by atoms with E-state index in [-0.39, 0.29) is 5.91 Å². The highest BCUT2D eigenvalue weighted by molar-refractivity contribution is 6.03. The van der Waals surface area contributed by atoms with Gasteiger partial charge >= 0.3 is 0 Å². The molecule has 1 spiro atoms. The van der Waals surface area contributed by atoms with Crippen molar-refractivity contribution >= 4 is 17.3 Å². The van der Waals surface area contributed by atoms with Crippen molar-refractivity contribution in [2.75, 3.05) is 36.0 Å². The minimum atomic E-state index is -0.949. The van der Waals surface area contributed by atoms with Crippen LogP contribution in [0.25, 0.3) is 0 Å². The summed E-state index contributed by atoms with van der Waals surface area (Å²) in [6.07, 6.45) is 6.06. The highest BCUT2D eigenvalue weighted by Crippen LogP contribution is 2.58. The van der Waals surface area contributed by atoms with Gasteiger partial charge in [-0.3, -0.25) is 4.79 Å². The van der Waals surface area contributed by atoms with E-state index < -0.39 is 5.54 Å². The Labute approximate surface area is 207 Å². The zero-order chi connectivity index (χ0) is 24.7. The van der Waals surface area contributed by atoms with E-state index in [1.165, 1.54) is 0 Å². The largest absolute Gasteiger partial charge is 0.456 e. The minimum Gasteiger partial charge on any atom is -0.456 e. The third kappa shape index (κ3) is 3.13. The van der Waals surface area contributed by atoms with Gasteiger partial charge < -0.3 is 14.5 Å². The molecule has 2 aliphatic rings. The third-order valence-electron chi connectivity index (χ3n) is 7.40. The molecule has 2 heterocycles. The summed E-state index contributed by atoms with van der Waals surface area (Å²) in [5.41, 5.74) is 4.49. The number of amides is 1. The molecule has 0 aliphatic carbocycles. The Balaban J connectivity index is 1.83. The number of benzene rings is 3. The molecule has 3 aromatic carbocycles. The smallest absolute Gasteiger partial charge is 0.267 e. The average molecular weight is 466 g/mol. The zero-order valence-electron chi connectivity index (χ0n) is 20.8. The summed E-state index contributed by atoms with van der Waals surface area (Å²) in [6.45, 7) is 12.1. The Morgan fingerprint density at radius 2 is 1.31 bits per heavy atom. The number of carbonyl (C=O) groups excluding carboxylic acids is 1. The molecular weight excluding hydrogens is 434 g/mol. The van der Waals surface area contributed by atoms with Crippen molar-refractivity contribution in [1.82, 2.24) is 4.90 Å². The molecule has 0 fully saturated rings. The summed E-state index contributed by atoms with van der Waals surface area (Å²) in [4.78, 5) is 19.7. The lowest BCUT2D eigenvalue weighted by Gasteiger charge is -2.42. The molecule has 5 rings (SSSR count). The molecule has 0 saturated carbocycles. The van der Waals surface area contributed by atoms with E-state index in [4.69, 9.17) is 11.2 Å². The van der Waals surface area contributed by atoms with Gasteiger partial charge in [0.05, 0.1) is 0 Å².